The number of unbranched alkanes of at least 4 members (excludes halogenated alkanes) is 2. The minimum Gasteiger partial charge on any atom is -0.508 e. The summed E-state index contributed by atoms with van der Waals surface area (Å²) in [7, 11) is 0. The molecule has 0 amide bonds. The van der Waals surface area contributed by atoms with Crippen LogP contribution in [0.15, 0.2) is 54.6 Å². The lowest BCUT2D eigenvalue weighted by atomic mass is 9.90. The van der Waals surface area contributed by atoms with Crippen molar-refractivity contribution in [3.63, 3.8) is 0 Å². The van der Waals surface area contributed by atoms with Crippen molar-refractivity contribution in [2.75, 3.05) is 26.2 Å². The summed E-state index contributed by atoms with van der Waals surface area (Å²) in [6.07, 6.45) is 9.87. The van der Waals surface area contributed by atoms with Crippen molar-refractivity contribution in [1.29, 1.82) is 0 Å². The number of hydrogen-bond donors (Lipinski definition) is 3. The number of aromatic hydroxyl groups is 1. The Morgan fingerprint density at radius 2 is 1.68 bits per heavy atom. The predicted molar refractivity (Wildman–Crippen MR) is 130 cm³/mol. The fourth-order valence-corrected chi connectivity index (χ4v) is 4.73. The lowest BCUT2D eigenvalue weighted by Crippen LogP contribution is -2.35. The lowest BCUT2D eigenvalue weighted by molar-refractivity contribution is 0.180. The van der Waals surface area contributed by atoms with Gasteiger partial charge in [-0.25, -0.2) is 0 Å². The highest BCUT2D eigenvalue weighted by Gasteiger charge is 2.19. The minimum atomic E-state index is 0.369. The molecule has 2 aromatic rings. The zero-order chi connectivity index (χ0) is 21.7. The van der Waals surface area contributed by atoms with Gasteiger partial charge >= 0.3 is 0 Å². The van der Waals surface area contributed by atoms with Gasteiger partial charge in [-0.1, -0.05) is 61.4 Å². The van der Waals surface area contributed by atoms with Gasteiger partial charge in [0.05, 0.1) is 0 Å². The van der Waals surface area contributed by atoms with Crippen LogP contribution in [-0.4, -0.2) is 42.2 Å². The molecule has 0 bridgehead atoms. The molecule has 4 nitrogen and oxygen atoms in total. The first-order chi connectivity index (χ1) is 15.2. The first-order valence-electron chi connectivity index (χ1n) is 12.2. The van der Waals surface area contributed by atoms with Gasteiger partial charge in [0.15, 0.2) is 0 Å². The second-order valence-corrected chi connectivity index (χ2v) is 9.11. The van der Waals surface area contributed by atoms with Crippen molar-refractivity contribution in [2.45, 2.75) is 64.0 Å². The maximum atomic E-state index is 9.94. The second-order valence-electron chi connectivity index (χ2n) is 9.11. The van der Waals surface area contributed by atoms with Crippen LogP contribution >= 0.6 is 0 Å². The van der Waals surface area contributed by atoms with Crippen molar-refractivity contribution in [3.05, 3.63) is 65.7 Å². The molecule has 0 radical (unpaired) electrons. The van der Waals surface area contributed by atoms with Crippen LogP contribution in [-0.2, 0) is 13.0 Å². The standard InChI is InChI=1S/C27H41N3O/c28-17-14-26(29-22-25-11-6-7-13-27(25)31)12-5-2-8-18-30-19-15-24(16-20-30)21-23-9-3-1-4-10-23/h1,3-4,6-7,9-11,13,24,26,29,31H,2,5,8,12,14-22,28H2. The Labute approximate surface area is 188 Å². The summed E-state index contributed by atoms with van der Waals surface area (Å²) in [5, 5.41) is 13.5. The summed E-state index contributed by atoms with van der Waals surface area (Å²) >= 11 is 0. The third kappa shape index (κ3) is 8.64. The van der Waals surface area contributed by atoms with E-state index in [9.17, 15) is 5.11 Å². The molecule has 0 saturated carbocycles. The molecule has 170 valence electrons. The number of hydrogen-bond acceptors (Lipinski definition) is 4. The fraction of sp³-hybridized carbons (Fsp3) is 0.556. The average Bonchev–Trinajstić information content (AvgIpc) is 2.80. The number of nitrogens with zero attached hydrogens (tertiary/aromatic N) is 1. The number of para-hydroxylation sites is 1. The first-order valence-corrected chi connectivity index (χ1v) is 12.2. The Balaban J connectivity index is 1.26. The van der Waals surface area contributed by atoms with Gasteiger partial charge in [0.25, 0.3) is 0 Å². The smallest absolute Gasteiger partial charge is 0.120 e. The van der Waals surface area contributed by atoms with Crippen LogP contribution < -0.4 is 11.1 Å². The van der Waals surface area contributed by atoms with E-state index < -0.39 is 0 Å². The van der Waals surface area contributed by atoms with Gasteiger partial charge in [0.1, 0.15) is 5.75 Å². The largest absolute Gasteiger partial charge is 0.508 e. The molecule has 31 heavy (non-hydrogen) atoms. The van der Waals surface area contributed by atoms with E-state index in [2.05, 4.69) is 40.5 Å². The zero-order valence-corrected chi connectivity index (χ0v) is 19.0. The third-order valence-electron chi connectivity index (χ3n) is 6.69. The molecule has 0 aromatic heterocycles. The molecule has 1 atom stereocenters. The van der Waals surface area contributed by atoms with Crippen molar-refractivity contribution in [1.82, 2.24) is 10.2 Å². The number of benzene rings is 2. The zero-order valence-electron chi connectivity index (χ0n) is 19.0. The molecule has 0 spiro atoms. The molecular weight excluding hydrogens is 382 g/mol. The van der Waals surface area contributed by atoms with Crippen molar-refractivity contribution in [2.24, 2.45) is 11.7 Å². The molecule has 1 heterocycles. The minimum absolute atomic E-state index is 0.369. The van der Waals surface area contributed by atoms with Crippen LogP contribution in [0.4, 0.5) is 0 Å². The molecule has 4 N–H and O–H groups in total. The van der Waals surface area contributed by atoms with E-state index in [4.69, 9.17) is 5.73 Å². The molecule has 4 heteroatoms. The Morgan fingerprint density at radius 3 is 2.42 bits per heavy atom. The van der Waals surface area contributed by atoms with Gasteiger partial charge in [-0.2, -0.15) is 0 Å². The number of nitrogens with two attached hydrogens (primary N) is 1. The highest BCUT2D eigenvalue weighted by Crippen LogP contribution is 2.22. The number of likely N-dealkylation sites (tertiary alicyclic amines) is 1. The quantitative estimate of drug-likeness (QED) is 0.408. The van der Waals surface area contributed by atoms with Gasteiger partial charge in [0.2, 0.25) is 0 Å². The third-order valence-corrected chi connectivity index (χ3v) is 6.69. The average molecular weight is 424 g/mol. The van der Waals surface area contributed by atoms with Gasteiger partial charge in [-0.05, 0) is 82.3 Å². The van der Waals surface area contributed by atoms with Gasteiger partial charge < -0.3 is 21.1 Å². The van der Waals surface area contributed by atoms with E-state index in [1.807, 2.05) is 18.2 Å². The van der Waals surface area contributed by atoms with Crippen molar-refractivity contribution < 1.29 is 5.11 Å². The molecule has 1 aliphatic heterocycles. The molecule has 3 rings (SSSR count). The predicted octanol–water partition coefficient (Wildman–Crippen LogP) is 4.71. The SMILES string of the molecule is NCCC(CCCCCN1CCC(Cc2ccccc2)CC1)NCc1ccccc1O. The molecule has 1 saturated heterocycles. The number of rotatable bonds is 13. The summed E-state index contributed by atoms with van der Waals surface area (Å²) < 4.78 is 0. The van der Waals surface area contributed by atoms with Crippen molar-refractivity contribution in [3.8, 4) is 5.75 Å². The normalized spacial score (nSPS) is 16.4. The van der Waals surface area contributed by atoms with Crippen LogP contribution in [0.3, 0.4) is 0 Å². The highest BCUT2D eigenvalue weighted by atomic mass is 16.3. The van der Waals surface area contributed by atoms with E-state index in [0.717, 1.165) is 24.3 Å². The molecule has 0 aliphatic carbocycles. The summed E-state index contributed by atoms with van der Waals surface area (Å²) in [6, 6.07) is 18.9. The fourth-order valence-electron chi connectivity index (χ4n) is 4.73. The lowest BCUT2D eigenvalue weighted by Gasteiger charge is -2.32. The maximum absolute atomic E-state index is 9.94. The summed E-state index contributed by atoms with van der Waals surface area (Å²) in [6.45, 7) is 5.17. The van der Waals surface area contributed by atoms with Crippen LogP contribution in [0, 0.1) is 5.92 Å². The van der Waals surface area contributed by atoms with E-state index >= 15 is 0 Å². The Hall–Kier alpha value is -1.88. The molecule has 1 aliphatic rings. The number of phenolic OH excluding ortho intramolecular Hbond substituents is 1. The van der Waals surface area contributed by atoms with E-state index in [-0.39, 0.29) is 0 Å². The molecule has 1 fully saturated rings. The summed E-state index contributed by atoms with van der Waals surface area (Å²) in [4.78, 5) is 2.66. The molecule has 1 unspecified atom stereocenters. The van der Waals surface area contributed by atoms with Gasteiger partial charge in [-0.3, -0.25) is 0 Å². The number of piperidine rings is 1. The summed E-state index contributed by atoms with van der Waals surface area (Å²) in [5.74, 6) is 1.22. The van der Waals surface area contributed by atoms with E-state index in [1.165, 1.54) is 63.7 Å². The van der Waals surface area contributed by atoms with E-state index in [1.54, 1.807) is 6.07 Å². The van der Waals surface area contributed by atoms with Gasteiger partial charge in [0, 0.05) is 18.2 Å². The Bertz CT molecular complexity index is 728. The Morgan fingerprint density at radius 1 is 0.935 bits per heavy atom. The topological polar surface area (TPSA) is 61.5 Å². The monoisotopic (exact) mass is 423 g/mol. The molecular formula is C27H41N3O. The van der Waals surface area contributed by atoms with Crippen molar-refractivity contribution >= 4 is 0 Å². The number of phenols is 1. The highest BCUT2D eigenvalue weighted by molar-refractivity contribution is 5.31. The molecule has 2 aromatic carbocycles. The van der Waals surface area contributed by atoms with E-state index in [0.29, 0.717) is 24.9 Å². The van der Waals surface area contributed by atoms with Gasteiger partial charge in [-0.15, -0.1) is 0 Å². The summed E-state index contributed by atoms with van der Waals surface area (Å²) in [5.41, 5.74) is 8.27. The second kappa shape index (κ2) is 13.5. The van der Waals surface area contributed by atoms with Crippen LogP contribution in [0.1, 0.15) is 56.1 Å². The number of nitrogens with one attached hydrogen (secondary N) is 1. The van der Waals surface area contributed by atoms with Crippen LogP contribution in [0.2, 0.25) is 0 Å². The first kappa shape index (κ1) is 23.8. The van der Waals surface area contributed by atoms with Crippen LogP contribution in [0.25, 0.3) is 0 Å². The Kier molecular flexibility index (Phi) is 10.4. The maximum Gasteiger partial charge on any atom is 0.120 e. The van der Waals surface area contributed by atoms with Crippen LogP contribution in [0.5, 0.6) is 5.75 Å².